The highest BCUT2D eigenvalue weighted by atomic mass is 32.1. The van der Waals surface area contributed by atoms with Crippen LogP contribution in [0.5, 0.6) is 5.75 Å². The van der Waals surface area contributed by atoms with Crippen LogP contribution in [0.25, 0.3) is 0 Å². The van der Waals surface area contributed by atoms with E-state index in [2.05, 4.69) is 14.2 Å². The molecule has 0 spiro atoms. The summed E-state index contributed by atoms with van der Waals surface area (Å²) in [5, 5.41) is 0. The molecule has 3 N–H and O–H groups in total. The standard InChI is InChI=1S/C10H11FN4OS/c1-16-8-4-2-3-6(9(8)11)10(14-12)7-5-13-17-15-7/h2-5,10,14H,12H2,1H3. The lowest BCUT2D eigenvalue weighted by molar-refractivity contribution is 0.381. The van der Waals surface area contributed by atoms with Crippen molar-refractivity contribution in [2.75, 3.05) is 7.11 Å². The number of methoxy groups -OCH3 is 1. The van der Waals surface area contributed by atoms with Crippen molar-refractivity contribution in [2.24, 2.45) is 5.84 Å². The fourth-order valence-corrected chi connectivity index (χ4v) is 1.99. The van der Waals surface area contributed by atoms with Gasteiger partial charge >= 0.3 is 0 Å². The van der Waals surface area contributed by atoms with E-state index in [0.29, 0.717) is 11.3 Å². The zero-order valence-electron chi connectivity index (χ0n) is 9.05. The molecule has 0 aliphatic rings. The molecule has 1 aromatic carbocycles. The molecule has 0 amide bonds. The molecule has 0 bridgehead atoms. The zero-order valence-corrected chi connectivity index (χ0v) is 9.87. The lowest BCUT2D eigenvalue weighted by Gasteiger charge is -2.15. The van der Waals surface area contributed by atoms with E-state index in [1.807, 2.05) is 0 Å². The molecule has 2 aromatic rings. The van der Waals surface area contributed by atoms with E-state index in [-0.39, 0.29) is 5.75 Å². The van der Waals surface area contributed by atoms with E-state index in [1.54, 1.807) is 24.4 Å². The Hall–Kier alpha value is -1.57. The average Bonchev–Trinajstić information content (AvgIpc) is 2.86. The minimum atomic E-state index is -0.538. The van der Waals surface area contributed by atoms with E-state index < -0.39 is 11.9 Å². The average molecular weight is 254 g/mol. The Bertz CT molecular complexity index is 491. The van der Waals surface area contributed by atoms with E-state index in [4.69, 9.17) is 10.6 Å². The third-order valence-corrected chi connectivity index (χ3v) is 2.86. The molecular formula is C10H11FN4OS. The first-order chi connectivity index (χ1) is 8.27. The van der Waals surface area contributed by atoms with Crippen molar-refractivity contribution in [3.63, 3.8) is 0 Å². The second-order valence-electron chi connectivity index (χ2n) is 3.30. The molecule has 1 unspecified atom stereocenters. The van der Waals surface area contributed by atoms with Crippen molar-refractivity contribution in [3.8, 4) is 5.75 Å². The SMILES string of the molecule is COc1cccc(C(NN)c2cnsn2)c1F. The number of aromatic nitrogens is 2. The second-order valence-corrected chi connectivity index (χ2v) is 3.85. The van der Waals surface area contributed by atoms with Crippen LogP contribution < -0.4 is 16.0 Å². The van der Waals surface area contributed by atoms with Gasteiger partial charge in [-0.15, -0.1) is 0 Å². The highest BCUT2D eigenvalue weighted by Gasteiger charge is 2.21. The van der Waals surface area contributed by atoms with Gasteiger partial charge in [-0.05, 0) is 6.07 Å². The van der Waals surface area contributed by atoms with Gasteiger partial charge in [0.25, 0.3) is 0 Å². The summed E-state index contributed by atoms with van der Waals surface area (Å²) >= 11 is 1.04. The van der Waals surface area contributed by atoms with Crippen LogP contribution in [-0.2, 0) is 0 Å². The number of hydrogen-bond donors (Lipinski definition) is 2. The second kappa shape index (κ2) is 5.17. The molecule has 0 aliphatic heterocycles. The van der Waals surface area contributed by atoms with Gasteiger partial charge in [0.15, 0.2) is 11.6 Å². The summed E-state index contributed by atoms with van der Waals surface area (Å²) in [6.45, 7) is 0. The minimum absolute atomic E-state index is 0.172. The topological polar surface area (TPSA) is 73.1 Å². The summed E-state index contributed by atoms with van der Waals surface area (Å²) in [6, 6.07) is 4.33. The van der Waals surface area contributed by atoms with Gasteiger partial charge in [-0.3, -0.25) is 5.84 Å². The maximum atomic E-state index is 14.0. The molecule has 1 heterocycles. The number of nitrogens with one attached hydrogen (secondary N) is 1. The molecule has 0 saturated carbocycles. The number of benzene rings is 1. The van der Waals surface area contributed by atoms with Crippen molar-refractivity contribution in [1.82, 2.24) is 14.2 Å². The summed E-state index contributed by atoms with van der Waals surface area (Å²) in [6.07, 6.45) is 1.55. The van der Waals surface area contributed by atoms with Crippen molar-refractivity contribution >= 4 is 11.7 Å². The molecule has 7 heteroatoms. The van der Waals surface area contributed by atoms with Gasteiger partial charge in [0.2, 0.25) is 0 Å². The van der Waals surface area contributed by atoms with Crippen LogP contribution in [0.2, 0.25) is 0 Å². The van der Waals surface area contributed by atoms with Gasteiger partial charge in [-0.1, -0.05) is 12.1 Å². The summed E-state index contributed by atoms with van der Waals surface area (Å²) in [5.74, 6) is 5.16. The first-order valence-corrected chi connectivity index (χ1v) is 5.57. The van der Waals surface area contributed by atoms with Crippen LogP contribution in [0.1, 0.15) is 17.3 Å². The first-order valence-electron chi connectivity index (χ1n) is 4.84. The fourth-order valence-electron chi connectivity index (χ4n) is 1.54. The lowest BCUT2D eigenvalue weighted by Crippen LogP contribution is -2.29. The Morgan fingerprint density at radius 2 is 2.35 bits per heavy atom. The maximum absolute atomic E-state index is 14.0. The molecule has 90 valence electrons. The Morgan fingerprint density at radius 1 is 1.53 bits per heavy atom. The number of halogens is 1. The monoisotopic (exact) mass is 254 g/mol. The van der Waals surface area contributed by atoms with Crippen LogP contribution in [0, 0.1) is 5.82 Å². The van der Waals surface area contributed by atoms with Crippen LogP contribution in [-0.4, -0.2) is 15.9 Å². The molecule has 0 radical (unpaired) electrons. The summed E-state index contributed by atoms with van der Waals surface area (Å²) in [4.78, 5) is 0. The van der Waals surface area contributed by atoms with Gasteiger partial charge in [-0.25, -0.2) is 9.82 Å². The third-order valence-electron chi connectivity index (χ3n) is 2.36. The van der Waals surface area contributed by atoms with Gasteiger partial charge < -0.3 is 4.74 Å². The van der Waals surface area contributed by atoms with E-state index >= 15 is 0 Å². The van der Waals surface area contributed by atoms with Crippen molar-refractivity contribution in [3.05, 3.63) is 41.5 Å². The predicted molar refractivity (Wildman–Crippen MR) is 62.0 cm³/mol. The van der Waals surface area contributed by atoms with Crippen molar-refractivity contribution < 1.29 is 9.13 Å². The van der Waals surface area contributed by atoms with E-state index in [9.17, 15) is 4.39 Å². The largest absolute Gasteiger partial charge is 0.494 e. The zero-order chi connectivity index (χ0) is 12.3. The highest BCUT2D eigenvalue weighted by Crippen LogP contribution is 2.27. The van der Waals surface area contributed by atoms with E-state index in [1.165, 1.54) is 7.11 Å². The molecule has 1 aromatic heterocycles. The number of hydrogen-bond acceptors (Lipinski definition) is 6. The van der Waals surface area contributed by atoms with E-state index in [0.717, 1.165) is 11.7 Å². The molecular weight excluding hydrogens is 243 g/mol. The number of ether oxygens (including phenoxy) is 1. The predicted octanol–water partition coefficient (Wildman–Crippen LogP) is 1.24. The number of rotatable bonds is 4. The van der Waals surface area contributed by atoms with Crippen LogP contribution in [0.15, 0.2) is 24.4 Å². The maximum Gasteiger partial charge on any atom is 0.170 e. The fraction of sp³-hybridized carbons (Fsp3) is 0.200. The number of nitrogens with zero attached hydrogens (tertiary/aromatic N) is 2. The van der Waals surface area contributed by atoms with Crippen molar-refractivity contribution in [1.29, 1.82) is 0 Å². The molecule has 0 saturated heterocycles. The van der Waals surface area contributed by atoms with Gasteiger partial charge in [0.05, 0.1) is 36.8 Å². The molecule has 5 nitrogen and oxygen atoms in total. The molecule has 2 rings (SSSR count). The molecule has 0 fully saturated rings. The quantitative estimate of drug-likeness (QED) is 0.634. The normalized spacial score (nSPS) is 12.4. The third kappa shape index (κ3) is 2.26. The molecule has 0 aliphatic carbocycles. The smallest absolute Gasteiger partial charge is 0.170 e. The van der Waals surface area contributed by atoms with Gasteiger partial charge in [0.1, 0.15) is 0 Å². The molecule has 17 heavy (non-hydrogen) atoms. The highest BCUT2D eigenvalue weighted by molar-refractivity contribution is 6.99. The number of hydrazine groups is 1. The lowest BCUT2D eigenvalue weighted by atomic mass is 10.0. The molecule has 1 atom stereocenters. The van der Waals surface area contributed by atoms with Gasteiger partial charge in [-0.2, -0.15) is 8.75 Å². The minimum Gasteiger partial charge on any atom is -0.494 e. The Labute approximate surface area is 102 Å². The number of nitrogens with two attached hydrogens (primary N) is 1. The Kier molecular flexibility index (Phi) is 3.62. The summed E-state index contributed by atoms with van der Waals surface area (Å²) in [7, 11) is 1.41. The Balaban J connectivity index is 2.44. The summed E-state index contributed by atoms with van der Waals surface area (Å²) < 4.78 is 26.9. The summed E-state index contributed by atoms with van der Waals surface area (Å²) in [5.41, 5.74) is 3.47. The van der Waals surface area contributed by atoms with Crippen LogP contribution in [0.3, 0.4) is 0 Å². The Morgan fingerprint density at radius 3 is 2.94 bits per heavy atom. The van der Waals surface area contributed by atoms with Crippen LogP contribution >= 0.6 is 11.7 Å². The van der Waals surface area contributed by atoms with Crippen molar-refractivity contribution in [2.45, 2.75) is 6.04 Å². The van der Waals surface area contributed by atoms with Gasteiger partial charge in [0, 0.05) is 5.56 Å². The first kappa shape index (κ1) is 11.9. The van der Waals surface area contributed by atoms with Crippen LogP contribution in [0.4, 0.5) is 4.39 Å².